The highest BCUT2D eigenvalue weighted by Gasteiger charge is 2.38. The molecule has 1 aliphatic heterocycles. The number of carbonyl (C=O) groups excluding carboxylic acids is 2. The first-order chi connectivity index (χ1) is 7.58. The second kappa shape index (κ2) is 4.26. The van der Waals surface area contributed by atoms with Crippen LogP contribution in [0.5, 0.6) is 0 Å². The molecule has 1 fully saturated rings. The third kappa shape index (κ3) is 2.09. The number of ether oxygens (including phenoxy) is 1. The summed E-state index contributed by atoms with van der Waals surface area (Å²) in [6, 6.07) is 7.00. The van der Waals surface area contributed by atoms with E-state index in [2.05, 4.69) is 0 Å². The fourth-order valence-corrected chi connectivity index (χ4v) is 1.99. The Bertz CT molecular complexity index is 424. The highest BCUT2D eigenvalue weighted by atomic mass is 35.5. The molecular weight excluding hydrogens is 228 g/mol. The minimum absolute atomic E-state index is 0.0224. The molecule has 0 N–H and O–H groups in total. The SMILES string of the molecule is CC(=O)[C@@H]1CC(=O)O[C@H]1c1ccc(Cl)cc1. The zero-order valence-electron chi connectivity index (χ0n) is 8.77. The molecule has 1 aromatic rings. The zero-order chi connectivity index (χ0) is 11.7. The highest BCUT2D eigenvalue weighted by Crippen LogP contribution is 2.36. The second-order valence-electron chi connectivity index (χ2n) is 3.88. The predicted octanol–water partition coefficient (Wildman–Crippen LogP) is 2.53. The minimum Gasteiger partial charge on any atom is -0.457 e. The maximum atomic E-state index is 11.4. The fraction of sp³-hybridized carbons (Fsp3) is 0.333. The van der Waals surface area contributed by atoms with Crippen LogP contribution in [0.3, 0.4) is 0 Å². The van der Waals surface area contributed by atoms with Crippen LogP contribution in [0, 0.1) is 5.92 Å². The molecular formula is C12H11ClO3. The van der Waals surface area contributed by atoms with E-state index in [9.17, 15) is 9.59 Å². The maximum absolute atomic E-state index is 11.4. The first kappa shape index (κ1) is 11.1. The summed E-state index contributed by atoms with van der Waals surface area (Å²) < 4.78 is 5.16. The van der Waals surface area contributed by atoms with Gasteiger partial charge in [-0.25, -0.2) is 0 Å². The molecule has 0 spiro atoms. The first-order valence-corrected chi connectivity index (χ1v) is 5.41. The van der Waals surface area contributed by atoms with E-state index in [-0.39, 0.29) is 24.1 Å². The highest BCUT2D eigenvalue weighted by molar-refractivity contribution is 6.30. The van der Waals surface area contributed by atoms with Gasteiger partial charge in [-0.3, -0.25) is 9.59 Å². The summed E-state index contributed by atoms with van der Waals surface area (Å²) in [7, 11) is 0. The summed E-state index contributed by atoms with van der Waals surface area (Å²) in [6.07, 6.45) is -0.287. The topological polar surface area (TPSA) is 43.4 Å². The van der Waals surface area contributed by atoms with Crippen LogP contribution in [-0.4, -0.2) is 11.8 Å². The van der Waals surface area contributed by atoms with Crippen LogP contribution in [0.15, 0.2) is 24.3 Å². The molecule has 0 radical (unpaired) electrons. The molecule has 0 aromatic heterocycles. The van der Waals surface area contributed by atoms with Crippen molar-refractivity contribution in [1.82, 2.24) is 0 Å². The summed E-state index contributed by atoms with van der Waals surface area (Å²) in [5, 5.41) is 0.618. The van der Waals surface area contributed by atoms with Gasteiger partial charge in [-0.05, 0) is 24.6 Å². The lowest BCUT2D eigenvalue weighted by molar-refractivity contribution is -0.141. The van der Waals surface area contributed by atoms with Gasteiger partial charge in [0.25, 0.3) is 0 Å². The van der Waals surface area contributed by atoms with Crippen molar-refractivity contribution in [2.45, 2.75) is 19.4 Å². The second-order valence-corrected chi connectivity index (χ2v) is 4.32. The first-order valence-electron chi connectivity index (χ1n) is 5.03. The van der Waals surface area contributed by atoms with Crippen molar-refractivity contribution in [3.8, 4) is 0 Å². The molecule has 0 unspecified atom stereocenters. The Balaban J connectivity index is 2.28. The molecule has 1 aliphatic rings. The monoisotopic (exact) mass is 238 g/mol. The summed E-state index contributed by atoms with van der Waals surface area (Å²) >= 11 is 5.77. The molecule has 0 bridgehead atoms. The fourth-order valence-electron chi connectivity index (χ4n) is 1.87. The number of hydrogen-bond acceptors (Lipinski definition) is 3. The number of ketones is 1. The Morgan fingerprint density at radius 1 is 1.38 bits per heavy atom. The van der Waals surface area contributed by atoms with Gasteiger partial charge in [-0.2, -0.15) is 0 Å². The molecule has 2 atom stereocenters. The van der Waals surface area contributed by atoms with Crippen molar-refractivity contribution in [1.29, 1.82) is 0 Å². The number of Topliss-reactive ketones (excluding diaryl/α,β-unsaturated/α-hetero) is 1. The van der Waals surface area contributed by atoms with E-state index in [1.165, 1.54) is 6.92 Å². The van der Waals surface area contributed by atoms with Crippen LogP contribution in [0.2, 0.25) is 5.02 Å². The van der Waals surface area contributed by atoms with Gasteiger partial charge in [0, 0.05) is 5.02 Å². The summed E-state index contributed by atoms with van der Waals surface area (Å²) in [4.78, 5) is 22.6. The van der Waals surface area contributed by atoms with E-state index >= 15 is 0 Å². The number of esters is 1. The summed E-state index contributed by atoms with van der Waals surface area (Å²) in [5.74, 6) is -0.709. The van der Waals surface area contributed by atoms with E-state index < -0.39 is 6.10 Å². The standard InChI is InChI=1S/C12H11ClO3/c1-7(14)10-6-11(15)16-12(10)8-2-4-9(13)5-3-8/h2-5,10,12H,6H2,1H3/t10-,12-/m0/s1. The number of carbonyl (C=O) groups is 2. The van der Waals surface area contributed by atoms with E-state index in [0.29, 0.717) is 5.02 Å². The van der Waals surface area contributed by atoms with E-state index in [1.807, 2.05) is 0 Å². The van der Waals surface area contributed by atoms with Gasteiger partial charge in [-0.15, -0.1) is 0 Å². The number of rotatable bonds is 2. The van der Waals surface area contributed by atoms with Gasteiger partial charge in [0.2, 0.25) is 0 Å². The molecule has 0 amide bonds. The van der Waals surface area contributed by atoms with Gasteiger partial charge in [0.05, 0.1) is 12.3 Å². The van der Waals surface area contributed by atoms with Crippen molar-refractivity contribution in [2.24, 2.45) is 5.92 Å². The molecule has 4 heteroatoms. The Morgan fingerprint density at radius 2 is 2.00 bits per heavy atom. The lowest BCUT2D eigenvalue weighted by Crippen LogP contribution is -2.15. The third-order valence-electron chi connectivity index (χ3n) is 2.73. The number of benzene rings is 1. The van der Waals surface area contributed by atoms with Gasteiger partial charge in [0.1, 0.15) is 11.9 Å². The molecule has 16 heavy (non-hydrogen) atoms. The van der Waals surface area contributed by atoms with Crippen LogP contribution in [0.4, 0.5) is 0 Å². The lowest BCUT2D eigenvalue weighted by atomic mass is 9.92. The number of halogens is 1. The molecule has 0 saturated carbocycles. The van der Waals surface area contributed by atoms with Crippen LogP contribution in [0.1, 0.15) is 25.0 Å². The zero-order valence-corrected chi connectivity index (χ0v) is 9.53. The van der Waals surface area contributed by atoms with Crippen LogP contribution in [-0.2, 0) is 14.3 Å². The minimum atomic E-state index is -0.456. The van der Waals surface area contributed by atoms with Gasteiger partial charge >= 0.3 is 5.97 Å². The summed E-state index contributed by atoms with van der Waals surface area (Å²) in [5.41, 5.74) is 0.815. The average molecular weight is 239 g/mol. The molecule has 84 valence electrons. The molecule has 0 aliphatic carbocycles. The Morgan fingerprint density at radius 3 is 2.56 bits per heavy atom. The van der Waals surface area contributed by atoms with Crippen molar-refractivity contribution in [2.75, 3.05) is 0 Å². The Hall–Kier alpha value is -1.35. The Labute approximate surface area is 98.4 Å². The number of cyclic esters (lactones) is 1. The Kier molecular flexibility index (Phi) is 2.97. The van der Waals surface area contributed by atoms with Crippen molar-refractivity contribution in [3.05, 3.63) is 34.9 Å². The third-order valence-corrected chi connectivity index (χ3v) is 2.98. The van der Waals surface area contributed by atoms with Crippen LogP contribution >= 0.6 is 11.6 Å². The van der Waals surface area contributed by atoms with Crippen LogP contribution < -0.4 is 0 Å². The average Bonchev–Trinajstić information content (AvgIpc) is 2.61. The van der Waals surface area contributed by atoms with Crippen molar-refractivity contribution < 1.29 is 14.3 Å². The van der Waals surface area contributed by atoms with Gasteiger partial charge in [0.15, 0.2) is 0 Å². The largest absolute Gasteiger partial charge is 0.457 e. The summed E-state index contributed by atoms with van der Waals surface area (Å²) in [6.45, 7) is 1.48. The van der Waals surface area contributed by atoms with Crippen molar-refractivity contribution in [3.63, 3.8) is 0 Å². The lowest BCUT2D eigenvalue weighted by Gasteiger charge is -2.15. The van der Waals surface area contributed by atoms with E-state index in [1.54, 1.807) is 24.3 Å². The molecule has 3 nitrogen and oxygen atoms in total. The van der Waals surface area contributed by atoms with Crippen molar-refractivity contribution >= 4 is 23.4 Å². The maximum Gasteiger partial charge on any atom is 0.307 e. The predicted molar refractivity (Wildman–Crippen MR) is 59.1 cm³/mol. The van der Waals surface area contributed by atoms with E-state index in [4.69, 9.17) is 16.3 Å². The normalized spacial score (nSPS) is 24.2. The molecule has 2 rings (SSSR count). The van der Waals surface area contributed by atoms with E-state index in [0.717, 1.165) is 5.56 Å². The quantitative estimate of drug-likeness (QED) is 0.744. The molecule has 1 aromatic carbocycles. The molecule has 1 saturated heterocycles. The van der Waals surface area contributed by atoms with Gasteiger partial charge in [-0.1, -0.05) is 23.7 Å². The van der Waals surface area contributed by atoms with Gasteiger partial charge < -0.3 is 4.74 Å². The molecule has 1 heterocycles. The van der Waals surface area contributed by atoms with Crippen LogP contribution in [0.25, 0.3) is 0 Å². The number of hydrogen-bond donors (Lipinski definition) is 0. The smallest absolute Gasteiger partial charge is 0.307 e.